The minimum Gasteiger partial charge on any atom is -0.456 e. The van der Waals surface area contributed by atoms with Crippen LogP contribution in [0.25, 0.3) is 0 Å². The first-order chi connectivity index (χ1) is 17.3. The Morgan fingerprint density at radius 1 is 0.784 bits per heavy atom. The number of thioether (sulfide) groups is 1. The monoisotopic (exact) mass is 554 g/mol. The van der Waals surface area contributed by atoms with Crippen LogP contribution in [-0.2, 0) is 37.8 Å². The van der Waals surface area contributed by atoms with Crippen molar-refractivity contribution < 1.29 is 37.8 Å². The standard InChI is InChI=1S/C27H42O8SSi/c1-16(2)37(17(3)4,18(5)6)31-15-23-24(32-19(7)28)25(33-20(8)29)26(34-21(9)30)27(35-23)36-22-13-11-10-12-14-22/h10-14,16-18,23-27H,15H2,1-9H3/t23-,24+,25+,26-,27+/m1/s1. The highest BCUT2D eigenvalue weighted by Crippen LogP contribution is 2.43. The van der Waals surface area contributed by atoms with Gasteiger partial charge in [-0.15, -0.1) is 0 Å². The molecule has 0 radical (unpaired) electrons. The quantitative estimate of drug-likeness (QED) is 0.200. The van der Waals surface area contributed by atoms with E-state index in [1.165, 1.54) is 32.5 Å². The summed E-state index contributed by atoms with van der Waals surface area (Å²) in [6.45, 7) is 17.1. The van der Waals surface area contributed by atoms with Crippen molar-refractivity contribution in [1.29, 1.82) is 0 Å². The highest BCUT2D eigenvalue weighted by molar-refractivity contribution is 7.99. The lowest BCUT2D eigenvalue weighted by Gasteiger charge is -2.47. The maximum atomic E-state index is 12.2. The molecule has 0 N–H and O–H groups in total. The number of hydrogen-bond acceptors (Lipinski definition) is 9. The fourth-order valence-corrected chi connectivity index (χ4v) is 12.0. The van der Waals surface area contributed by atoms with Gasteiger partial charge in [0.15, 0.2) is 26.6 Å². The molecule has 37 heavy (non-hydrogen) atoms. The lowest BCUT2D eigenvalue weighted by molar-refractivity contribution is -0.235. The zero-order valence-corrected chi connectivity index (χ0v) is 25.2. The summed E-state index contributed by atoms with van der Waals surface area (Å²) in [6.07, 6.45) is -3.84. The summed E-state index contributed by atoms with van der Waals surface area (Å²) in [5.74, 6) is -1.71. The van der Waals surface area contributed by atoms with Crippen LogP contribution in [0.1, 0.15) is 62.3 Å². The molecule has 0 aliphatic carbocycles. The number of esters is 3. The smallest absolute Gasteiger partial charge is 0.303 e. The lowest BCUT2D eigenvalue weighted by atomic mass is 9.99. The second-order valence-corrected chi connectivity index (χ2v) is 17.0. The molecule has 1 heterocycles. The molecule has 5 atom stereocenters. The Kier molecular flexibility index (Phi) is 11.7. The summed E-state index contributed by atoms with van der Waals surface area (Å²) in [5.41, 5.74) is 0.256. The molecule has 0 aromatic heterocycles. The molecular formula is C27H42O8SSi. The van der Waals surface area contributed by atoms with E-state index in [0.717, 1.165) is 4.90 Å². The van der Waals surface area contributed by atoms with E-state index in [2.05, 4.69) is 41.5 Å². The maximum absolute atomic E-state index is 12.2. The van der Waals surface area contributed by atoms with E-state index in [1.54, 1.807) is 0 Å². The lowest BCUT2D eigenvalue weighted by Crippen LogP contribution is -2.62. The van der Waals surface area contributed by atoms with E-state index in [9.17, 15) is 14.4 Å². The third kappa shape index (κ3) is 8.05. The average molecular weight is 555 g/mol. The Labute approximate surface area is 226 Å². The molecule has 1 aliphatic heterocycles. The van der Waals surface area contributed by atoms with Gasteiger partial charge in [-0.05, 0) is 28.8 Å². The molecule has 0 saturated carbocycles. The molecule has 208 valence electrons. The minimum atomic E-state index is -2.29. The Balaban J connectivity index is 2.52. The van der Waals surface area contributed by atoms with Gasteiger partial charge in [-0.2, -0.15) is 0 Å². The van der Waals surface area contributed by atoms with Crippen molar-refractivity contribution >= 4 is 38.0 Å². The van der Waals surface area contributed by atoms with Crippen LogP contribution in [0.5, 0.6) is 0 Å². The number of benzene rings is 1. The first-order valence-electron chi connectivity index (χ1n) is 12.8. The highest BCUT2D eigenvalue weighted by atomic mass is 32.2. The summed E-state index contributed by atoms with van der Waals surface area (Å²) in [5, 5.41) is 0. The number of carbonyl (C=O) groups is 3. The van der Waals surface area contributed by atoms with Gasteiger partial charge >= 0.3 is 17.9 Å². The van der Waals surface area contributed by atoms with Gasteiger partial charge in [0.2, 0.25) is 0 Å². The largest absolute Gasteiger partial charge is 0.456 e. The summed E-state index contributed by atoms with van der Waals surface area (Å²) in [7, 11) is -2.29. The molecule has 1 aromatic rings. The average Bonchev–Trinajstić information content (AvgIpc) is 2.77. The van der Waals surface area contributed by atoms with Gasteiger partial charge in [-0.1, -0.05) is 71.5 Å². The van der Waals surface area contributed by atoms with E-state index in [1.807, 2.05) is 30.3 Å². The molecule has 1 fully saturated rings. The third-order valence-electron chi connectivity index (χ3n) is 6.70. The normalized spacial score (nSPS) is 24.3. The molecule has 1 aliphatic rings. The van der Waals surface area contributed by atoms with Crippen molar-refractivity contribution in [3.8, 4) is 0 Å². The van der Waals surface area contributed by atoms with E-state index in [0.29, 0.717) is 16.6 Å². The molecule has 0 amide bonds. The first-order valence-corrected chi connectivity index (χ1v) is 15.8. The molecule has 0 unspecified atom stereocenters. The van der Waals surface area contributed by atoms with Crippen LogP contribution in [0.3, 0.4) is 0 Å². The Morgan fingerprint density at radius 3 is 1.70 bits per heavy atom. The zero-order chi connectivity index (χ0) is 27.9. The van der Waals surface area contributed by atoms with Gasteiger partial charge in [0.1, 0.15) is 11.5 Å². The van der Waals surface area contributed by atoms with Crippen LogP contribution in [0.2, 0.25) is 16.6 Å². The molecule has 1 aromatic carbocycles. The second kappa shape index (κ2) is 13.8. The molecule has 2 rings (SSSR count). The Hall–Kier alpha value is -1.88. The third-order valence-corrected chi connectivity index (χ3v) is 13.9. The predicted octanol–water partition coefficient (Wildman–Crippen LogP) is 5.49. The van der Waals surface area contributed by atoms with Gasteiger partial charge in [0, 0.05) is 25.7 Å². The van der Waals surface area contributed by atoms with E-state index >= 15 is 0 Å². The molecule has 0 bridgehead atoms. The second-order valence-electron chi connectivity index (χ2n) is 10.3. The zero-order valence-electron chi connectivity index (χ0n) is 23.4. The van der Waals surface area contributed by atoms with Crippen LogP contribution in [-0.4, -0.2) is 62.7 Å². The molecule has 10 heteroatoms. The van der Waals surface area contributed by atoms with Gasteiger partial charge in [-0.3, -0.25) is 14.4 Å². The number of carbonyl (C=O) groups excluding carboxylic acids is 3. The van der Waals surface area contributed by atoms with E-state index < -0.39 is 56.1 Å². The van der Waals surface area contributed by atoms with Crippen LogP contribution in [0, 0.1) is 0 Å². The molecule has 1 saturated heterocycles. The van der Waals surface area contributed by atoms with Crippen molar-refractivity contribution in [2.24, 2.45) is 0 Å². The van der Waals surface area contributed by atoms with Crippen LogP contribution in [0.4, 0.5) is 0 Å². The van der Waals surface area contributed by atoms with Crippen molar-refractivity contribution in [2.45, 2.75) is 114 Å². The van der Waals surface area contributed by atoms with Crippen molar-refractivity contribution in [3.05, 3.63) is 30.3 Å². The predicted molar refractivity (Wildman–Crippen MR) is 145 cm³/mol. The topological polar surface area (TPSA) is 97.4 Å². The highest BCUT2D eigenvalue weighted by Gasteiger charge is 2.53. The van der Waals surface area contributed by atoms with Gasteiger partial charge < -0.3 is 23.4 Å². The van der Waals surface area contributed by atoms with Gasteiger partial charge in [0.25, 0.3) is 0 Å². The van der Waals surface area contributed by atoms with Crippen LogP contribution < -0.4 is 0 Å². The number of ether oxygens (including phenoxy) is 4. The van der Waals surface area contributed by atoms with Gasteiger partial charge in [-0.25, -0.2) is 0 Å². The number of hydrogen-bond donors (Lipinski definition) is 0. The van der Waals surface area contributed by atoms with Crippen LogP contribution >= 0.6 is 11.8 Å². The van der Waals surface area contributed by atoms with Crippen molar-refractivity contribution in [2.75, 3.05) is 6.61 Å². The number of rotatable bonds is 11. The Morgan fingerprint density at radius 2 is 1.24 bits per heavy atom. The van der Waals surface area contributed by atoms with Crippen molar-refractivity contribution in [3.63, 3.8) is 0 Å². The fraction of sp³-hybridized carbons (Fsp3) is 0.667. The summed E-state index contributed by atoms with van der Waals surface area (Å²) in [4.78, 5) is 37.3. The van der Waals surface area contributed by atoms with E-state index in [4.69, 9.17) is 23.4 Å². The van der Waals surface area contributed by atoms with E-state index in [-0.39, 0.29) is 6.61 Å². The molecular weight excluding hydrogens is 512 g/mol. The first kappa shape index (κ1) is 31.3. The minimum absolute atomic E-state index is 0.148. The SMILES string of the molecule is CC(=O)O[C@H]1[C@@H](OC(C)=O)[C@@H](CO[Si](C(C)C)(C(C)C)C(C)C)O[C@@H](Sc2ccccc2)[C@@H]1OC(C)=O. The summed E-state index contributed by atoms with van der Waals surface area (Å²) < 4.78 is 30.2. The van der Waals surface area contributed by atoms with Crippen molar-refractivity contribution in [1.82, 2.24) is 0 Å². The maximum Gasteiger partial charge on any atom is 0.303 e. The van der Waals surface area contributed by atoms with Gasteiger partial charge in [0.05, 0.1) is 6.61 Å². The summed E-state index contributed by atoms with van der Waals surface area (Å²) >= 11 is 1.35. The molecule has 8 nitrogen and oxygen atoms in total. The summed E-state index contributed by atoms with van der Waals surface area (Å²) in [6, 6.07) is 9.52. The van der Waals surface area contributed by atoms with Crippen LogP contribution in [0.15, 0.2) is 35.2 Å². The Bertz CT molecular complexity index is 885. The fourth-order valence-electron chi connectivity index (χ4n) is 5.44. The molecule has 0 spiro atoms.